The third-order valence-corrected chi connectivity index (χ3v) is 5.57. The Bertz CT molecular complexity index is 414. The lowest BCUT2D eigenvalue weighted by molar-refractivity contribution is -0.143. The minimum atomic E-state index is -0.259. The third-order valence-electron chi connectivity index (χ3n) is 5.57. The lowest BCUT2D eigenvalue weighted by Crippen LogP contribution is -2.62. The van der Waals surface area contributed by atoms with Gasteiger partial charge in [0.25, 0.3) is 0 Å². The number of urea groups is 1. The average Bonchev–Trinajstić information content (AvgIpc) is 2.35. The monoisotopic (exact) mass is 308 g/mol. The summed E-state index contributed by atoms with van der Waals surface area (Å²) in [5.74, 6) is 2.17. The quantitative estimate of drug-likeness (QED) is 0.767. The van der Waals surface area contributed by atoms with Crippen molar-refractivity contribution in [3.05, 3.63) is 0 Å². The number of hydrogen-bond donors (Lipinski definition) is 2. The maximum Gasteiger partial charge on any atom is 0.315 e. The van der Waals surface area contributed by atoms with E-state index in [-0.39, 0.29) is 30.0 Å². The molecule has 4 aliphatic carbocycles. The zero-order chi connectivity index (χ0) is 15.7. The molecule has 0 radical (unpaired) electrons. The summed E-state index contributed by atoms with van der Waals surface area (Å²) in [6.07, 6.45) is 7.73. The molecule has 124 valence electrons. The van der Waals surface area contributed by atoms with Gasteiger partial charge in [-0.2, -0.15) is 0 Å². The van der Waals surface area contributed by atoms with Crippen LogP contribution >= 0.6 is 0 Å². The van der Waals surface area contributed by atoms with E-state index in [1.54, 1.807) is 6.92 Å². The predicted molar refractivity (Wildman–Crippen MR) is 83.3 cm³/mol. The lowest BCUT2D eigenvalue weighted by Gasteiger charge is -2.56. The van der Waals surface area contributed by atoms with Crippen molar-refractivity contribution in [2.75, 3.05) is 6.61 Å². The first-order chi connectivity index (χ1) is 10.5. The number of amides is 2. The first-order valence-electron chi connectivity index (χ1n) is 8.72. The summed E-state index contributed by atoms with van der Waals surface area (Å²) in [6.45, 7) is 4.01. The van der Waals surface area contributed by atoms with E-state index in [0.717, 1.165) is 37.0 Å². The van der Waals surface area contributed by atoms with Crippen molar-refractivity contribution in [3.63, 3.8) is 0 Å². The van der Waals surface area contributed by atoms with Crippen LogP contribution < -0.4 is 10.6 Å². The van der Waals surface area contributed by atoms with Crippen LogP contribution in [0.5, 0.6) is 0 Å². The summed E-state index contributed by atoms with van der Waals surface area (Å²) in [6, 6.07) is -0.327. The Balaban J connectivity index is 1.50. The second-order valence-corrected chi connectivity index (χ2v) is 7.71. The molecule has 5 heteroatoms. The highest BCUT2D eigenvalue weighted by Gasteiger charge is 2.51. The maximum atomic E-state index is 12.3. The predicted octanol–water partition coefficient (Wildman–Crippen LogP) is 2.60. The van der Waals surface area contributed by atoms with Gasteiger partial charge in [0.05, 0.1) is 13.0 Å². The normalized spacial score (nSPS) is 36.7. The first-order valence-corrected chi connectivity index (χ1v) is 8.72. The Morgan fingerprint density at radius 1 is 1.14 bits per heavy atom. The molecule has 4 rings (SSSR count). The Morgan fingerprint density at radius 2 is 1.68 bits per heavy atom. The van der Waals surface area contributed by atoms with Gasteiger partial charge in [-0.15, -0.1) is 0 Å². The van der Waals surface area contributed by atoms with E-state index in [4.69, 9.17) is 4.74 Å². The number of carbonyl (C=O) groups is 2. The number of nitrogens with one attached hydrogen (secondary N) is 2. The van der Waals surface area contributed by atoms with Gasteiger partial charge in [-0.25, -0.2) is 4.79 Å². The molecule has 0 spiro atoms. The van der Waals surface area contributed by atoms with Crippen LogP contribution in [0.25, 0.3) is 0 Å². The number of hydrogen-bond acceptors (Lipinski definition) is 3. The smallest absolute Gasteiger partial charge is 0.315 e. The van der Waals surface area contributed by atoms with Crippen molar-refractivity contribution in [2.24, 2.45) is 17.8 Å². The Morgan fingerprint density at radius 3 is 2.18 bits per heavy atom. The van der Waals surface area contributed by atoms with Crippen LogP contribution in [0, 0.1) is 17.8 Å². The summed E-state index contributed by atoms with van der Waals surface area (Å²) in [5, 5.41) is 6.15. The van der Waals surface area contributed by atoms with Crippen LogP contribution in [0.1, 0.15) is 58.8 Å². The zero-order valence-electron chi connectivity index (χ0n) is 13.7. The van der Waals surface area contributed by atoms with Gasteiger partial charge in [0.15, 0.2) is 0 Å². The second kappa shape index (κ2) is 6.09. The molecule has 0 saturated heterocycles. The number of rotatable bonds is 5. The molecule has 4 aliphatic rings. The van der Waals surface area contributed by atoms with E-state index >= 15 is 0 Å². The van der Waals surface area contributed by atoms with Gasteiger partial charge in [-0.05, 0) is 70.1 Å². The summed E-state index contributed by atoms with van der Waals surface area (Å²) >= 11 is 0. The molecule has 5 nitrogen and oxygen atoms in total. The van der Waals surface area contributed by atoms with Crippen molar-refractivity contribution in [2.45, 2.75) is 70.4 Å². The van der Waals surface area contributed by atoms with Crippen LogP contribution in [0.15, 0.2) is 0 Å². The highest BCUT2D eigenvalue weighted by molar-refractivity contribution is 5.77. The highest BCUT2D eigenvalue weighted by atomic mass is 16.5. The van der Waals surface area contributed by atoms with Crippen LogP contribution in [-0.4, -0.2) is 30.2 Å². The fourth-order valence-electron chi connectivity index (χ4n) is 5.29. The molecule has 0 heterocycles. The summed E-state index contributed by atoms with van der Waals surface area (Å²) in [5.41, 5.74) is 0.0163. The maximum absolute atomic E-state index is 12.3. The minimum absolute atomic E-state index is 0.0163. The van der Waals surface area contributed by atoms with Crippen molar-refractivity contribution in [1.29, 1.82) is 0 Å². The van der Waals surface area contributed by atoms with Crippen molar-refractivity contribution >= 4 is 12.0 Å². The number of esters is 1. The highest BCUT2D eigenvalue weighted by Crippen LogP contribution is 2.55. The van der Waals surface area contributed by atoms with E-state index in [0.29, 0.717) is 6.61 Å². The van der Waals surface area contributed by atoms with Gasteiger partial charge in [0.2, 0.25) is 0 Å². The van der Waals surface area contributed by atoms with Crippen molar-refractivity contribution < 1.29 is 14.3 Å². The molecule has 0 aromatic carbocycles. The van der Waals surface area contributed by atoms with Crippen LogP contribution in [0.3, 0.4) is 0 Å². The van der Waals surface area contributed by atoms with Crippen molar-refractivity contribution in [1.82, 2.24) is 10.6 Å². The molecule has 2 N–H and O–H groups in total. The van der Waals surface area contributed by atoms with Crippen LogP contribution in [0.4, 0.5) is 4.79 Å². The molecule has 4 saturated carbocycles. The Hall–Kier alpha value is -1.26. The summed E-state index contributed by atoms with van der Waals surface area (Å²) < 4.78 is 4.92. The molecule has 4 bridgehead atoms. The zero-order valence-corrected chi connectivity index (χ0v) is 13.7. The first kappa shape index (κ1) is 15.6. The largest absolute Gasteiger partial charge is 0.466 e. The van der Waals surface area contributed by atoms with Gasteiger partial charge < -0.3 is 15.4 Å². The molecule has 0 aromatic heterocycles. The fourth-order valence-corrected chi connectivity index (χ4v) is 5.29. The third kappa shape index (κ3) is 3.39. The number of ether oxygens (including phenoxy) is 1. The molecule has 22 heavy (non-hydrogen) atoms. The molecule has 0 aliphatic heterocycles. The fraction of sp³-hybridized carbons (Fsp3) is 0.882. The minimum Gasteiger partial charge on any atom is -0.466 e. The molecular formula is C17H28N2O3. The molecule has 2 amide bonds. The van der Waals surface area contributed by atoms with E-state index < -0.39 is 0 Å². The Kier molecular flexibility index (Phi) is 4.33. The van der Waals surface area contributed by atoms with Crippen LogP contribution in [0.2, 0.25) is 0 Å². The van der Waals surface area contributed by atoms with Gasteiger partial charge in [0.1, 0.15) is 0 Å². The van der Waals surface area contributed by atoms with E-state index in [9.17, 15) is 9.59 Å². The van der Waals surface area contributed by atoms with E-state index in [1.807, 2.05) is 6.92 Å². The van der Waals surface area contributed by atoms with E-state index in [2.05, 4.69) is 10.6 Å². The summed E-state index contributed by atoms with van der Waals surface area (Å²) in [7, 11) is 0. The number of carbonyl (C=O) groups excluding carboxylic acids is 2. The molecule has 1 unspecified atom stereocenters. The standard InChI is InChI=1S/C17H28N2O3/c1-3-22-15(20)4-11(2)18-16(21)19-17-8-12-5-13(9-17)7-14(6-12)10-17/h11-14H,3-10H2,1-2H3,(H2,18,19,21). The topological polar surface area (TPSA) is 67.4 Å². The molecule has 0 aromatic rings. The Labute approximate surface area is 132 Å². The lowest BCUT2D eigenvalue weighted by atomic mass is 9.53. The van der Waals surface area contributed by atoms with Crippen molar-refractivity contribution in [3.8, 4) is 0 Å². The molecule has 4 fully saturated rings. The van der Waals surface area contributed by atoms with Gasteiger partial charge >= 0.3 is 12.0 Å². The molecular weight excluding hydrogens is 280 g/mol. The van der Waals surface area contributed by atoms with E-state index in [1.165, 1.54) is 19.3 Å². The SMILES string of the molecule is CCOC(=O)CC(C)NC(=O)NC12CC3CC(CC(C3)C1)C2. The second-order valence-electron chi connectivity index (χ2n) is 7.71. The molecule has 1 atom stereocenters. The van der Waals surface area contributed by atoms with Gasteiger partial charge in [-0.3, -0.25) is 4.79 Å². The average molecular weight is 308 g/mol. The summed E-state index contributed by atoms with van der Waals surface area (Å²) in [4.78, 5) is 23.8. The van der Waals surface area contributed by atoms with Gasteiger partial charge in [0, 0.05) is 11.6 Å². The van der Waals surface area contributed by atoms with Gasteiger partial charge in [-0.1, -0.05) is 0 Å². The van der Waals surface area contributed by atoms with Crippen LogP contribution in [-0.2, 0) is 9.53 Å².